The van der Waals surface area contributed by atoms with Gasteiger partial charge in [-0.25, -0.2) is 8.42 Å². The summed E-state index contributed by atoms with van der Waals surface area (Å²) >= 11 is 0. The average molecular weight is 573 g/mol. The largest absolute Gasteiger partial charge is 0.493 e. The summed E-state index contributed by atoms with van der Waals surface area (Å²) in [6.07, 6.45) is 5.92. The summed E-state index contributed by atoms with van der Waals surface area (Å²) in [5.41, 5.74) is 5.93. The summed E-state index contributed by atoms with van der Waals surface area (Å²) < 4.78 is 37.4. The van der Waals surface area contributed by atoms with E-state index in [1.165, 1.54) is 5.56 Å². The first-order chi connectivity index (χ1) is 19.9. The number of benzene rings is 3. The van der Waals surface area contributed by atoms with Gasteiger partial charge in [0.2, 0.25) is 0 Å². The van der Waals surface area contributed by atoms with Crippen LogP contribution in [0.4, 0.5) is 5.69 Å². The van der Waals surface area contributed by atoms with Crippen LogP contribution in [-0.4, -0.2) is 57.9 Å². The van der Waals surface area contributed by atoms with Crippen LogP contribution >= 0.6 is 0 Å². The number of sulfone groups is 1. The molecule has 0 aliphatic carbocycles. The first kappa shape index (κ1) is 27.7. The Bertz CT molecular complexity index is 1570. The molecule has 6 rings (SSSR count). The third kappa shape index (κ3) is 6.25. The van der Waals surface area contributed by atoms with Crippen molar-refractivity contribution in [2.24, 2.45) is 0 Å². The van der Waals surface area contributed by atoms with Gasteiger partial charge in [0.15, 0.2) is 9.84 Å². The lowest BCUT2D eigenvalue weighted by Gasteiger charge is -2.31. The predicted molar refractivity (Wildman–Crippen MR) is 161 cm³/mol. The Balaban J connectivity index is 1.19. The van der Waals surface area contributed by atoms with E-state index in [9.17, 15) is 13.2 Å². The van der Waals surface area contributed by atoms with Crippen LogP contribution in [0, 0.1) is 0 Å². The molecule has 3 heterocycles. The Morgan fingerprint density at radius 1 is 0.951 bits per heavy atom. The van der Waals surface area contributed by atoms with Crippen molar-refractivity contribution in [2.75, 3.05) is 37.9 Å². The van der Waals surface area contributed by atoms with Gasteiger partial charge >= 0.3 is 0 Å². The lowest BCUT2D eigenvalue weighted by Crippen LogP contribution is -2.36. The van der Waals surface area contributed by atoms with E-state index in [1.54, 1.807) is 12.1 Å². The van der Waals surface area contributed by atoms with Gasteiger partial charge in [-0.3, -0.25) is 9.69 Å². The summed E-state index contributed by atoms with van der Waals surface area (Å²) in [4.78, 5) is 15.9. The van der Waals surface area contributed by atoms with Gasteiger partial charge < -0.3 is 14.8 Å². The Hall–Kier alpha value is -3.46. The molecule has 3 aromatic carbocycles. The number of hydrogen-bond acceptors (Lipinski definition) is 6. The van der Waals surface area contributed by atoms with E-state index in [4.69, 9.17) is 9.47 Å². The SMILES string of the molecule is CN(Cc1ccc(NC(=O)C2=Cc3cc(-c4ccc5c(c4)CCCO5)ccc3S(=O)(=O)CC2)cc1)C1CCOCC1. The maximum absolute atomic E-state index is 13.3. The summed E-state index contributed by atoms with van der Waals surface area (Å²) in [7, 11) is -1.38. The number of carbonyl (C=O) groups is 1. The topological polar surface area (TPSA) is 84.9 Å². The number of carbonyl (C=O) groups excluding carboxylic acids is 1. The number of amides is 1. The third-order valence-electron chi connectivity index (χ3n) is 8.31. The highest BCUT2D eigenvalue weighted by atomic mass is 32.2. The number of fused-ring (bicyclic) bond motifs is 2. The molecule has 7 nitrogen and oxygen atoms in total. The minimum Gasteiger partial charge on any atom is -0.493 e. The average Bonchev–Trinajstić information content (AvgIpc) is 3.13. The summed E-state index contributed by atoms with van der Waals surface area (Å²) in [6.45, 7) is 3.19. The van der Waals surface area contributed by atoms with Crippen molar-refractivity contribution in [2.45, 2.75) is 49.6 Å². The molecule has 0 radical (unpaired) electrons. The third-order valence-corrected chi connectivity index (χ3v) is 10.1. The molecule has 1 amide bonds. The molecular formula is C33H36N2O5S. The number of anilines is 1. The second-order valence-corrected chi connectivity index (χ2v) is 13.3. The van der Waals surface area contributed by atoms with Crippen molar-refractivity contribution < 1.29 is 22.7 Å². The van der Waals surface area contributed by atoms with Gasteiger partial charge in [0.1, 0.15) is 5.75 Å². The smallest absolute Gasteiger partial charge is 0.251 e. The van der Waals surface area contributed by atoms with E-state index >= 15 is 0 Å². The first-order valence-electron chi connectivity index (χ1n) is 14.4. The van der Waals surface area contributed by atoms with E-state index in [0.29, 0.717) is 22.9 Å². The van der Waals surface area contributed by atoms with Crippen molar-refractivity contribution >= 4 is 27.5 Å². The van der Waals surface area contributed by atoms with Crippen LogP contribution in [0.1, 0.15) is 42.4 Å². The summed E-state index contributed by atoms with van der Waals surface area (Å²) in [5, 5.41) is 2.98. The standard InChI is InChI=1S/C33H36N2O5S/c1-35(30-12-16-39-17-13-30)22-23-4-8-29(9-5-23)34-33(36)27-14-18-41(37,38)32-11-7-25(20-28(32)21-27)24-6-10-31-26(19-24)3-2-15-40-31/h4-11,19-21,30H,2-3,12-18,22H2,1H3,(H,34,36). The minimum absolute atomic E-state index is 0.105. The fourth-order valence-electron chi connectivity index (χ4n) is 5.91. The molecule has 0 saturated carbocycles. The van der Waals surface area contributed by atoms with E-state index < -0.39 is 9.84 Å². The van der Waals surface area contributed by atoms with E-state index in [2.05, 4.69) is 23.3 Å². The second-order valence-electron chi connectivity index (χ2n) is 11.2. The van der Waals surface area contributed by atoms with Crippen LogP contribution in [0.25, 0.3) is 17.2 Å². The Kier molecular flexibility index (Phi) is 7.97. The number of hydrogen-bond donors (Lipinski definition) is 1. The number of ether oxygens (including phenoxy) is 2. The Labute approximate surface area is 242 Å². The predicted octanol–water partition coefficient (Wildman–Crippen LogP) is 5.49. The summed E-state index contributed by atoms with van der Waals surface area (Å²) in [5.74, 6) is 0.527. The van der Waals surface area contributed by atoms with Gasteiger partial charge in [0.25, 0.3) is 5.91 Å². The fourth-order valence-corrected chi connectivity index (χ4v) is 7.37. The highest BCUT2D eigenvalue weighted by Crippen LogP contribution is 2.34. The van der Waals surface area contributed by atoms with Crippen LogP contribution in [0.15, 0.2) is 71.1 Å². The van der Waals surface area contributed by atoms with E-state index in [1.807, 2.05) is 48.5 Å². The van der Waals surface area contributed by atoms with Crippen LogP contribution in [0.5, 0.6) is 5.75 Å². The number of nitrogens with zero attached hydrogens (tertiary/aromatic N) is 1. The monoisotopic (exact) mass is 572 g/mol. The molecule has 0 unspecified atom stereocenters. The van der Waals surface area contributed by atoms with Gasteiger partial charge in [-0.05, 0) is 109 Å². The molecule has 3 aliphatic rings. The van der Waals surface area contributed by atoms with Crippen LogP contribution < -0.4 is 10.1 Å². The molecule has 0 spiro atoms. The van der Waals surface area contributed by atoms with Gasteiger partial charge in [-0.15, -0.1) is 0 Å². The molecule has 1 fully saturated rings. The minimum atomic E-state index is -3.52. The van der Waals surface area contributed by atoms with Gasteiger partial charge in [-0.1, -0.05) is 24.3 Å². The molecular weight excluding hydrogens is 536 g/mol. The molecule has 0 bridgehead atoms. The summed E-state index contributed by atoms with van der Waals surface area (Å²) in [6, 6.07) is 19.9. The van der Waals surface area contributed by atoms with Crippen molar-refractivity contribution in [3.63, 3.8) is 0 Å². The maximum Gasteiger partial charge on any atom is 0.251 e. The maximum atomic E-state index is 13.3. The van der Waals surface area contributed by atoms with Crippen LogP contribution in [0.3, 0.4) is 0 Å². The normalized spacial score (nSPS) is 18.4. The highest BCUT2D eigenvalue weighted by molar-refractivity contribution is 7.91. The zero-order chi connectivity index (χ0) is 28.4. The number of nitrogens with one attached hydrogen (secondary N) is 1. The lowest BCUT2D eigenvalue weighted by atomic mass is 9.97. The fraction of sp³-hybridized carbons (Fsp3) is 0.364. The van der Waals surface area contributed by atoms with E-state index in [0.717, 1.165) is 74.5 Å². The molecule has 214 valence electrons. The van der Waals surface area contributed by atoms with Crippen molar-refractivity contribution in [1.29, 1.82) is 0 Å². The van der Waals surface area contributed by atoms with Crippen LogP contribution in [0.2, 0.25) is 0 Å². The van der Waals surface area contributed by atoms with Crippen molar-refractivity contribution in [3.05, 3.63) is 82.9 Å². The van der Waals surface area contributed by atoms with Crippen molar-refractivity contribution in [1.82, 2.24) is 4.90 Å². The molecule has 1 saturated heterocycles. The molecule has 3 aromatic rings. The number of rotatable bonds is 6. The molecule has 8 heteroatoms. The Morgan fingerprint density at radius 2 is 1.71 bits per heavy atom. The van der Waals surface area contributed by atoms with Crippen molar-refractivity contribution in [3.8, 4) is 16.9 Å². The van der Waals surface area contributed by atoms with Gasteiger partial charge in [0, 0.05) is 37.1 Å². The van der Waals surface area contributed by atoms with Gasteiger partial charge in [-0.2, -0.15) is 0 Å². The lowest BCUT2D eigenvalue weighted by molar-refractivity contribution is -0.112. The Morgan fingerprint density at radius 3 is 2.51 bits per heavy atom. The molecule has 0 aromatic heterocycles. The quantitative estimate of drug-likeness (QED) is 0.421. The zero-order valence-electron chi connectivity index (χ0n) is 23.4. The van der Waals surface area contributed by atoms with E-state index in [-0.39, 0.29) is 23.0 Å². The van der Waals surface area contributed by atoms with Crippen LogP contribution in [-0.2, 0) is 32.3 Å². The zero-order valence-corrected chi connectivity index (χ0v) is 24.2. The molecule has 0 atom stereocenters. The first-order valence-corrected chi connectivity index (χ1v) is 16.0. The number of aryl methyl sites for hydroxylation is 1. The second kappa shape index (κ2) is 11.8. The van der Waals surface area contributed by atoms with Gasteiger partial charge in [0.05, 0.1) is 17.3 Å². The highest BCUT2D eigenvalue weighted by Gasteiger charge is 2.25. The molecule has 1 N–H and O–H groups in total. The molecule has 41 heavy (non-hydrogen) atoms. The molecule has 3 aliphatic heterocycles.